The molecule has 0 saturated carbocycles. The Morgan fingerprint density at radius 2 is 1.85 bits per heavy atom. The van der Waals surface area contributed by atoms with Crippen LogP contribution in [0.2, 0.25) is 0 Å². The molecular weight excluding hydrogens is 340 g/mol. The maximum absolute atomic E-state index is 5.38. The number of unbranched alkanes of at least 4 members (excludes halogenated alkanes) is 1. The molecule has 2 N–H and O–H groups in total. The third-order valence-electron chi connectivity index (χ3n) is 5.08. The molecule has 6 nitrogen and oxygen atoms in total. The minimum absolute atomic E-state index is 0.495. The number of guanidine groups is 1. The number of nitrogens with one attached hydrogen (secondary N) is 2. The lowest BCUT2D eigenvalue weighted by molar-refractivity contribution is 0.0372. The second-order valence-corrected chi connectivity index (χ2v) is 7.05. The summed E-state index contributed by atoms with van der Waals surface area (Å²) in [7, 11) is 3.53. The summed E-state index contributed by atoms with van der Waals surface area (Å²) in [5.74, 6) is 2.29. The maximum atomic E-state index is 5.38. The van der Waals surface area contributed by atoms with E-state index in [0.29, 0.717) is 5.92 Å². The lowest BCUT2D eigenvalue weighted by Crippen LogP contribution is -2.39. The number of nitrogens with zero attached hydrogens (tertiary/aromatic N) is 2. The first-order valence-corrected chi connectivity index (χ1v) is 10.1. The molecule has 0 bridgehead atoms. The fourth-order valence-electron chi connectivity index (χ4n) is 3.22. The SMILES string of the molecule is CN=C(NCCCCN1CCOCC1)NCCC(C)c1ccc(OC)cc1. The van der Waals surface area contributed by atoms with Crippen LogP contribution in [0.25, 0.3) is 0 Å². The van der Waals surface area contributed by atoms with Crippen molar-refractivity contribution in [3.8, 4) is 5.75 Å². The second kappa shape index (κ2) is 12.6. The van der Waals surface area contributed by atoms with Crippen molar-refractivity contribution in [2.75, 3.05) is 60.1 Å². The molecule has 0 aromatic heterocycles. The third-order valence-corrected chi connectivity index (χ3v) is 5.08. The molecule has 1 heterocycles. The molecule has 1 fully saturated rings. The first-order chi connectivity index (χ1) is 13.2. The van der Waals surface area contributed by atoms with Crippen LogP contribution in [-0.2, 0) is 4.74 Å². The standard InChI is InChI=1S/C21H36N4O2/c1-18(19-6-8-20(26-3)9-7-19)10-12-24-21(22-2)23-11-4-5-13-25-14-16-27-17-15-25/h6-9,18H,4-5,10-17H2,1-3H3,(H2,22,23,24). The average molecular weight is 377 g/mol. The van der Waals surface area contributed by atoms with Crippen LogP contribution in [0.3, 0.4) is 0 Å². The maximum Gasteiger partial charge on any atom is 0.190 e. The second-order valence-electron chi connectivity index (χ2n) is 7.05. The fourth-order valence-corrected chi connectivity index (χ4v) is 3.22. The number of hydrogen-bond donors (Lipinski definition) is 2. The first-order valence-electron chi connectivity index (χ1n) is 10.1. The van der Waals surface area contributed by atoms with Crippen molar-refractivity contribution in [3.05, 3.63) is 29.8 Å². The van der Waals surface area contributed by atoms with Crippen molar-refractivity contribution >= 4 is 5.96 Å². The third kappa shape index (κ3) is 8.18. The summed E-state index contributed by atoms with van der Waals surface area (Å²) in [5.41, 5.74) is 1.34. The summed E-state index contributed by atoms with van der Waals surface area (Å²) < 4.78 is 10.6. The summed E-state index contributed by atoms with van der Waals surface area (Å²) in [6.45, 7) is 9.18. The number of hydrogen-bond acceptors (Lipinski definition) is 4. The summed E-state index contributed by atoms with van der Waals surface area (Å²) in [4.78, 5) is 6.80. The van der Waals surface area contributed by atoms with Crippen molar-refractivity contribution in [3.63, 3.8) is 0 Å². The Morgan fingerprint density at radius 3 is 2.52 bits per heavy atom. The van der Waals surface area contributed by atoms with Gasteiger partial charge < -0.3 is 20.1 Å². The van der Waals surface area contributed by atoms with E-state index in [1.54, 1.807) is 7.11 Å². The molecule has 1 saturated heterocycles. The van der Waals surface area contributed by atoms with E-state index in [1.165, 1.54) is 12.0 Å². The predicted molar refractivity (Wildman–Crippen MR) is 112 cm³/mol. The van der Waals surface area contributed by atoms with Crippen LogP contribution in [-0.4, -0.2) is 71.0 Å². The molecule has 2 rings (SSSR count). The van der Waals surface area contributed by atoms with Crippen LogP contribution < -0.4 is 15.4 Å². The van der Waals surface area contributed by atoms with E-state index in [2.05, 4.69) is 39.6 Å². The molecule has 152 valence electrons. The molecule has 1 unspecified atom stereocenters. The molecule has 1 aromatic rings. The van der Waals surface area contributed by atoms with Crippen LogP contribution >= 0.6 is 0 Å². The van der Waals surface area contributed by atoms with Gasteiger partial charge in [-0.3, -0.25) is 9.89 Å². The highest BCUT2D eigenvalue weighted by Gasteiger charge is 2.09. The molecule has 1 aliphatic heterocycles. The van der Waals surface area contributed by atoms with Crippen molar-refractivity contribution in [2.24, 2.45) is 4.99 Å². The first kappa shape index (κ1) is 21.5. The smallest absolute Gasteiger partial charge is 0.190 e. The Morgan fingerprint density at radius 1 is 1.15 bits per heavy atom. The molecular formula is C21H36N4O2. The number of methoxy groups -OCH3 is 1. The van der Waals surface area contributed by atoms with Gasteiger partial charge in [-0.25, -0.2) is 0 Å². The van der Waals surface area contributed by atoms with Crippen LogP contribution in [0.15, 0.2) is 29.3 Å². The number of rotatable bonds is 10. The number of ether oxygens (including phenoxy) is 2. The summed E-state index contributed by atoms with van der Waals surface area (Å²) in [5, 5.41) is 6.84. The van der Waals surface area contributed by atoms with Crippen LogP contribution in [0.5, 0.6) is 5.75 Å². The average Bonchev–Trinajstić information content (AvgIpc) is 2.73. The zero-order valence-electron chi connectivity index (χ0n) is 17.2. The van der Waals surface area contributed by atoms with E-state index in [0.717, 1.165) is 70.5 Å². The van der Waals surface area contributed by atoms with Gasteiger partial charge in [0.05, 0.1) is 20.3 Å². The van der Waals surface area contributed by atoms with E-state index in [4.69, 9.17) is 9.47 Å². The van der Waals surface area contributed by atoms with Gasteiger partial charge in [0.15, 0.2) is 5.96 Å². The molecule has 0 spiro atoms. The monoisotopic (exact) mass is 376 g/mol. The van der Waals surface area contributed by atoms with Gasteiger partial charge in [0.2, 0.25) is 0 Å². The summed E-state index contributed by atoms with van der Waals surface area (Å²) >= 11 is 0. The highest BCUT2D eigenvalue weighted by atomic mass is 16.5. The van der Waals surface area contributed by atoms with E-state index in [9.17, 15) is 0 Å². The van der Waals surface area contributed by atoms with Gasteiger partial charge in [0.1, 0.15) is 5.75 Å². The molecule has 6 heteroatoms. The predicted octanol–water partition coefficient (Wildman–Crippen LogP) is 2.47. The number of aliphatic imine (C=N–C) groups is 1. The molecule has 27 heavy (non-hydrogen) atoms. The molecule has 0 amide bonds. The van der Waals surface area contributed by atoms with E-state index in [1.807, 2.05) is 19.2 Å². The van der Waals surface area contributed by atoms with Gasteiger partial charge in [-0.1, -0.05) is 19.1 Å². The number of morpholine rings is 1. The Balaban J connectivity index is 1.56. The van der Waals surface area contributed by atoms with E-state index < -0.39 is 0 Å². The van der Waals surface area contributed by atoms with Crippen molar-refractivity contribution in [1.29, 1.82) is 0 Å². The topological polar surface area (TPSA) is 58.1 Å². The quantitative estimate of drug-likeness (QED) is 0.373. The van der Waals surface area contributed by atoms with E-state index in [-0.39, 0.29) is 0 Å². The largest absolute Gasteiger partial charge is 0.497 e. The van der Waals surface area contributed by atoms with Gasteiger partial charge in [-0.15, -0.1) is 0 Å². The van der Waals surface area contributed by atoms with Gasteiger partial charge in [0.25, 0.3) is 0 Å². The molecule has 1 aromatic carbocycles. The zero-order chi connectivity index (χ0) is 19.3. The normalized spacial score (nSPS) is 16.8. The number of benzene rings is 1. The molecule has 1 aliphatic rings. The Bertz CT molecular complexity index is 542. The van der Waals surface area contributed by atoms with Gasteiger partial charge in [-0.2, -0.15) is 0 Å². The zero-order valence-corrected chi connectivity index (χ0v) is 17.2. The Labute approximate surface area is 164 Å². The van der Waals surface area contributed by atoms with Crippen molar-refractivity contribution in [2.45, 2.75) is 32.1 Å². The van der Waals surface area contributed by atoms with Crippen molar-refractivity contribution in [1.82, 2.24) is 15.5 Å². The highest BCUT2D eigenvalue weighted by Crippen LogP contribution is 2.21. The van der Waals surface area contributed by atoms with E-state index >= 15 is 0 Å². The summed E-state index contributed by atoms with van der Waals surface area (Å²) in [6, 6.07) is 8.34. The molecule has 1 atom stereocenters. The van der Waals surface area contributed by atoms with Crippen LogP contribution in [0, 0.1) is 0 Å². The van der Waals surface area contributed by atoms with Crippen LogP contribution in [0.1, 0.15) is 37.7 Å². The van der Waals surface area contributed by atoms with Crippen molar-refractivity contribution < 1.29 is 9.47 Å². The summed E-state index contributed by atoms with van der Waals surface area (Å²) in [6.07, 6.45) is 3.42. The van der Waals surface area contributed by atoms with Gasteiger partial charge >= 0.3 is 0 Å². The van der Waals surface area contributed by atoms with Gasteiger partial charge in [-0.05, 0) is 49.4 Å². The highest BCUT2D eigenvalue weighted by molar-refractivity contribution is 5.79. The molecule has 0 aliphatic carbocycles. The molecule has 0 radical (unpaired) electrons. The lowest BCUT2D eigenvalue weighted by Gasteiger charge is -2.26. The van der Waals surface area contributed by atoms with Gasteiger partial charge in [0, 0.05) is 33.2 Å². The minimum atomic E-state index is 0.495. The fraction of sp³-hybridized carbons (Fsp3) is 0.667. The van der Waals surface area contributed by atoms with Crippen LogP contribution in [0.4, 0.5) is 0 Å². The lowest BCUT2D eigenvalue weighted by atomic mass is 9.98. The Kier molecular flexibility index (Phi) is 10.0. The minimum Gasteiger partial charge on any atom is -0.497 e. The Hall–Kier alpha value is -1.79.